The fraction of sp³-hybridized carbons (Fsp3) is 0. The molecule has 0 amide bonds. The van der Waals surface area contributed by atoms with E-state index in [-0.39, 0.29) is 5.82 Å². The normalized spacial score (nSPS) is 9.67. The van der Waals surface area contributed by atoms with Gasteiger partial charge in [0.2, 0.25) is 0 Å². The molecule has 0 aliphatic heterocycles. The number of hydrogen-bond acceptors (Lipinski definition) is 0. The van der Waals surface area contributed by atoms with Gasteiger partial charge in [-0.05, 0) is 50.1 Å². The smallest absolute Gasteiger partial charge is 0.124 e. The summed E-state index contributed by atoms with van der Waals surface area (Å²) in [4.78, 5) is 0. The van der Waals surface area contributed by atoms with Crippen LogP contribution in [0, 0.1) is 5.82 Å². The van der Waals surface area contributed by atoms with Gasteiger partial charge in [-0.2, -0.15) is 0 Å². The third-order valence-electron chi connectivity index (χ3n) is 0.882. The third-order valence-corrected chi connectivity index (χ3v) is 2.76. The van der Waals surface area contributed by atoms with Crippen molar-refractivity contribution < 1.29 is 4.39 Å². The van der Waals surface area contributed by atoms with Gasteiger partial charge in [0.1, 0.15) is 5.82 Å². The first-order valence-electron chi connectivity index (χ1n) is 2.30. The second kappa shape index (κ2) is 2.80. The van der Waals surface area contributed by atoms with E-state index in [1.165, 1.54) is 12.1 Å². The van der Waals surface area contributed by atoms with Crippen LogP contribution in [0.2, 0.25) is 0 Å². The number of hydrogen-bond donors (Lipinski definition) is 0. The number of benzene rings is 1. The van der Waals surface area contributed by atoms with Crippen molar-refractivity contribution >= 4 is 31.9 Å². The molecule has 0 saturated heterocycles. The highest BCUT2D eigenvalue weighted by Crippen LogP contribution is 2.22. The van der Waals surface area contributed by atoms with Crippen LogP contribution in [0.15, 0.2) is 27.1 Å². The van der Waals surface area contributed by atoms with E-state index in [1.807, 2.05) is 0 Å². The van der Waals surface area contributed by atoms with Gasteiger partial charge < -0.3 is 0 Å². The highest BCUT2D eigenvalue weighted by molar-refractivity contribution is 9.13. The average molecular weight is 254 g/mol. The van der Waals surface area contributed by atoms with Crippen LogP contribution in [0.5, 0.6) is 0 Å². The highest BCUT2D eigenvalue weighted by atomic mass is 79.9. The minimum atomic E-state index is -0.231. The summed E-state index contributed by atoms with van der Waals surface area (Å²) in [6, 6.07) is 4.46. The fourth-order valence-electron chi connectivity index (χ4n) is 0.470. The van der Waals surface area contributed by atoms with Crippen molar-refractivity contribution in [3.8, 4) is 0 Å². The SMILES string of the molecule is Fc1ccc(Br)c(Br)c1. The first-order chi connectivity index (χ1) is 4.20. The van der Waals surface area contributed by atoms with Crippen molar-refractivity contribution in [1.29, 1.82) is 0 Å². The molecule has 0 aliphatic carbocycles. The summed E-state index contributed by atoms with van der Waals surface area (Å²) < 4.78 is 13.9. The Kier molecular flexibility index (Phi) is 2.24. The molecular weight excluding hydrogens is 251 g/mol. The molecule has 0 aromatic heterocycles. The lowest BCUT2D eigenvalue weighted by atomic mass is 10.4. The second-order valence-corrected chi connectivity index (χ2v) is 3.27. The van der Waals surface area contributed by atoms with E-state index in [9.17, 15) is 4.39 Å². The van der Waals surface area contributed by atoms with E-state index < -0.39 is 0 Å². The molecule has 1 aromatic rings. The molecule has 0 spiro atoms. The van der Waals surface area contributed by atoms with Crippen LogP contribution < -0.4 is 0 Å². The first-order valence-corrected chi connectivity index (χ1v) is 3.89. The van der Waals surface area contributed by atoms with Crippen molar-refractivity contribution in [2.75, 3.05) is 0 Å². The molecule has 0 bridgehead atoms. The van der Waals surface area contributed by atoms with Crippen LogP contribution >= 0.6 is 31.9 Å². The molecule has 0 aliphatic rings. The Bertz CT molecular complexity index is 222. The van der Waals surface area contributed by atoms with E-state index in [0.717, 1.165) is 8.95 Å². The molecule has 48 valence electrons. The van der Waals surface area contributed by atoms with Crippen molar-refractivity contribution in [3.63, 3.8) is 0 Å². The summed E-state index contributed by atoms with van der Waals surface area (Å²) >= 11 is 6.37. The van der Waals surface area contributed by atoms with Crippen molar-refractivity contribution in [2.45, 2.75) is 0 Å². The van der Waals surface area contributed by atoms with E-state index in [1.54, 1.807) is 6.07 Å². The van der Waals surface area contributed by atoms with Crippen molar-refractivity contribution in [2.24, 2.45) is 0 Å². The quantitative estimate of drug-likeness (QED) is 0.622. The largest absolute Gasteiger partial charge is 0.207 e. The van der Waals surface area contributed by atoms with Gasteiger partial charge in [-0.3, -0.25) is 0 Å². The van der Waals surface area contributed by atoms with E-state index >= 15 is 0 Å². The zero-order valence-corrected chi connectivity index (χ0v) is 7.54. The average Bonchev–Trinajstić information content (AvgIpc) is 1.80. The number of rotatable bonds is 0. The zero-order chi connectivity index (χ0) is 6.85. The van der Waals surface area contributed by atoms with Gasteiger partial charge in [0.25, 0.3) is 0 Å². The molecule has 0 atom stereocenters. The Hall–Kier alpha value is 0.110. The van der Waals surface area contributed by atoms with E-state index in [0.29, 0.717) is 0 Å². The monoisotopic (exact) mass is 252 g/mol. The summed E-state index contributed by atoms with van der Waals surface area (Å²) in [6.45, 7) is 0. The predicted molar refractivity (Wildman–Crippen MR) is 41.8 cm³/mol. The molecule has 0 N–H and O–H groups in total. The second-order valence-electron chi connectivity index (χ2n) is 1.56. The lowest BCUT2D eigenvalue weighted by Gasteiger charge is -1.92. The third kappa shape index (κ3) is 1.76. The molecule has 0 fully saturated rings. The Morgan fingerprint density at radius 2 is 1.78 bits per heavy atom. The molecule has 0 heterocycles. The standard InChI is InChI=1S/C6H3Br2F/c7-5-2-1-4(9)3-6(5)8/h1-3H. The molecule has 1 aromatic carbocycles. The maximum atomic E-state index is 12.3. The molecule has 0 nitrogen and oxygen atoms in total. The Morgan fingerprint density at radius 3 is 2.22 bits per heavy atom. The van der Waals surface area contributed by atoms with Gasteiger partial charge in [-0.1, -0.05) is 0 Å². The Balaban J connectivity index is 3.17. The van der Waals surface area contributed by atoms with Gasteiger partial charge in [0, 0.05) is 8.95 Å². The first kappa shape index (κ1) is 7.22. The molecular formula is C6H3Br2F. The van der Waals surface area contributed by atoms with E-state index in [2.05, 4.69) is 31.9 Å². The van der Waals surface area contributed by atoms with Gasteiger partial charge in [0.05, 0.1) is 0 Å². The summed E-state index contributed by atoms with van der Waals surface area (Å²) in [5, 5.41) is 0. The van der Waals surface area contributed by atoms with E-state index in [4.69, 9.17) is 0 Å². The minimum Gasteiger partial charge on any atom is -0.207 e. The van der Waals surface area contributed by atoms with Gasteiger partial charge in [-0.25, -0.2) is 4.39 Å². The molecule has 0 radical (unpaired) electrons. The molecule has 0 saturated carbocycles. The van der Waals surface area contributed by atoms with Crippen LogP contribution in [0.1, 0.15) is 0 Å². The van der Waals surface area contributed by atoms with Crippen molar-refractivity contribution in [1.82, 2.24) is 0 Å². The van der Waals surface area contributed by atoms with Gasteiger partial charge >= 0.3 is 0 Å². The molecule has 3 heteroatoms. The zero-order valence-electron chi connectivity index (χ0n) is 4.37. The predicted octanol–water partition coefficient (Wildman–Crippen LogP) is 3.35. The number of halogens is 3. The summed E-state index contributed by atoms with van der Waals surface area (Å²) in [6.07, 6.45) is 0. The maximum absolute atomic E-state index is 12.3. The van der Waals surface area contributed by atoms with Crippen LogP contribution in [-0.2, 0) is 0 Å². The lowest BCUT2D eigenvalue weighted by molar-refractivity contribution is 0.626. The lowest BCUT2D eigenvalue weighted by Crippen LogP contribution is -1.72. The Labute approximate surface area is 69.3 Å². The maximum Gasteiger partial charge on any atom is 0.124 e. The van der Waals surface area contributed by atoms with Crippen LogP contribution in [0.25, 0.3) is 0 Å². The van der Waals surface area contributed by atoms with Crippen LogP contribution in [0.3, 0.4) is 0 Å². The van der Waals surface area contributed by atoms with Crippen LogP contribution in [0.4, 0.5) is 4.39 Å². The fourth-order valence-corrected chi connectivity index (χ4v) is 1.07. The van der Waals surface area contributed by atoms with Crippen molar-refractivity contribution in [3.05, 3.63) is 33.0 Å². The summed E-state index contributed by atoms with van der Waals surface area (Å²) in [5.41, 5.74) is 0. The molecule has 9 heavy (non-hydrogen) atoms. The Morgan fingerprint density at radius 1 is 1.11 bits per heavy atom. The van der Waals surface area contributed by atoms with Gasteiger partial charge in [0.15, 0.2) is 0 Å². The summed E-state index contributed by atoms with van der Waals surface area (Å²) in [7, 11) is 0. The van der Waals surface area contributed by atoms with Crippen LogP contribution in [-0.4, -0.2) is 0 Å². The molecule has 1 rings (SSSR count). The molecule has 0 unspecified atom stereocenters. The van der Waals surface area contributed by atoms with Gasteiger partial charge in [-0.15, -0.1) is 0 Å². The topological polar surface area (TPSA) is 0 Å². The minimum absolute atomic E-state index is 0.231. The summed E-state index contributed by atoms with van der Waals surface area (Å²) in [5.74, 6) is -0.231. The highest BCUT2D eigenvalue weighted by Gasteiger charge is 1.95.